The number of aromatic amines is 5. The zero-order valence-corrected chi connectivity index (χ0v) is 34.0. The van der Waals surface area contributed by atoms with Crippen molar-refractivity contribution in [2.45, 2.75) is 0 Å². The highest BCUT2D eigenvalue weighted by molar-refractivity contribution is 7.08. The molecule has 0 fully saturated rings. The second kappa shape index (κ2) is 46.9. The molecule has 5 N–H and O–H groups in total. The fourth-order valence-corrected chi connectivity index (χ4v) is 3.42. The average Bonchev–Trinajstić information content (AvgIpc) is 4.19. The van der Waals surface area contributed by atoms with Gasteiger partial charge < -0.3 is 32.7 Å². The summed E-state index contributed by atoms with van der Waals surface area (Å²) in [5.41, 5.74) is 5.15. The Balaban J connectivity index is 0.000000327. The summed E-state index contributed by atoms with van der Waals surface area (Å²) in [6.45, 7) is 0. The zero-order valence-electron chi connectivity index (χ0n) is 31.5. The zero-order chi connectivity index (χ0) is 42.4. The Morgan fingerprint density at radius 1 is 0.383 bits per heavy atom. The van der Waals surface area contributed by atoms with Crippen molar-refractivity contribution in [2.24, 2.45) is 0 Å². The van der Waals surface area contributed by atoms with Crippen LogP contribution in [0.4, 0.5) is 0 Å². The maximum Gasteiger partial charge on any atom is 0.203 e. The van der Waals surface area contributed by atoms with Crippen molar-refractivity contribution in [3.8, 4) is 0 Å². The number of hydrogen-bond donors (Lipinski definition) is 5. The molecular weight excluding hydrogens is 831 g/mol. The maximum atomic E-state index is 4.58. The number of hydrogen-bond acceptors (Lipinski definition) is 19. The van der Waals surface area contributed by atoms with E-state index in [2.05, 4.69) is 104 Å². The Kier molecular flexibility index (Phi) is 39.0. The first-order chi connectivity index (χ1) is 30.0. The van der Waals surface area contributed by atoms with Gasteiger partial charge in [-0.25, -0.2) is 19.9 Å². The van der Waals surface area contributed by atoms with Gasteiger partial charge in [-0.15, -0.1) is 43.1 Å². The number of rotatable bonds is 0. The fraction of sp³-hybridized carbons (Fsp3) is 0. The largest absolute Gasteiger partial charge is 0.473 e. The van der Waals surface area contributed by atoms with Crippen molar-refractivity contribution < 1.29 is 17.8 Å². The first-order valence-corrected chi connectivity index (χ1v) is 19.3. The summed E-state index contributed by atoms with van der Waals surface area (Å²) in [5, 5.41) is 35.1. The predicted molar refractivity (Wildman–Crippen MR) is 225 cm³/mol. The number of imidazole rings is 2. The number of oxazole rings is 1. The van der Waals surface area contributed by atoms with Crippen LogP contribution in [0.1, 0.15) is 0 Å². The Hall–Kier alpha value is -8.22. The third kappa shape index (κ3) is 44.2. The lowest BCUT2D eigenvalue weighted by Crippen LogP contribution is -1.53. The van der Waals surface area contributed by atoms with E-state index >= 15 is 0 Å². The van der Waals surface area contributed by atoms with Crippen LogP contribution in [0.15, 0.2) is 237 Å². The summed E-state index contributed by atoms with van der Waals surface area (Å²) in [4.78, 5) is 26.5. The predicted octanol–water partition coefficient (Wildman–Crippen LogP) is 8.18. The van der Waals surface area contributed by atoms with Crippen LogP contribution in [-0.4, -0.2) is 85.8 Å². The standard InChI is InChI=1S/C4H5N.C4H4O.C4H4S.3C3H4N2.2C3H3NO.C3H3NS.C2H3N3.C2H2N2O.C2H2N2S/c3*1-2-4-5-3-1;2*1-2-5-3-4-1;1-2-4-5-3-1;1-2-5-3-4-1;1-2-4-5-3-1;1-2-5-3-4-1;1-3-2-5-4-1;2*1-3-4-2-5-1/h1-5H;2*1-4H;3*1-3H,(H,4,5);3*1-3H;1-2H,(H,3,4,5);2*1-2H. The van der Waals surface area contributed by atoms with E-state index in [4.69, 9.17) is 0 Å². The van der Waals surface area contributed by atoms with Crippen molar-refractivity contribution in [2.75, 3.05) is 0 Å². The van der Waals surface area contributed by atoms with Crippen LogP contribution in [0.3, 0.4) is 0 Å². The Bertz CT molecular complexity index is 1330. The van der Waals surface area contributed by atoms with E-state index in [1.54, 1.807) is 126 Å². The molecule has 0 aliphatic heterocycles. The highest BCUT2D eigenvalue weighted by atomic mass is 32.1. The van der Waals surface area contributed by atoms with E-state index in [0.29, 0.717) is 0 Å². The van der Waals surface area contributed by atoms with Gasteiger partial charge in [0.25, 0.3) is 0 Å². The van der Waals surface area contributed by atoms with Gasteiger partial charge in [0.15, 0.2) is 6.39 Å². The van der Waals surface area contributed by atoms with E-state index in [9.17, 15) is 0 Å². The minimum atomic E-state index is 1.26. The Morgan fingerprint density at radius 2 is 1.13 bits per heavy atom. The van der Waals surface area contributed by atoms with Crippen LogP contribution in [0.2, 0.25) is 0 Å². The van der Waals surface area contributed by atoms with Crippen LogP contribution in [0, 0.1) is 0 Å². The van der Waals surface area contributed by atoms with Crippen molar-refractivity contribution in [1.82, 2.24) is 85.8 Å². The summed E-state index contributed by atoms with van der Waals surface area (Å²) in [7, 11) is 0. The van der Waals surface area contributed by atoms with E-state index in [0.717, 1.165) is 0 Å². The second-order valence-corrected chi connectivity index (χ2v) is 10.9. The topological polar surface area (TPSA) is 286 Å². The third-order valence-electron chi connectivity index (χ3n) is 4.50. The first kappa shape index (κ1) is 49.8. The molecule has 12 aromatic rings. The molecule has 24 heteroatoms. The van der Waals surface area contributed by atoms with E-state index < -0.39 is 0 Å². The summed E-state index contributed by atoms with van der Waals surface area (Å²) < 4.78 is 17.8. The van der Waals surface area contributed by atoms with Gasteiger partial charge in [0.05, 0.1) is 43.1 Å². The highest BCUT2D eigenvalue weighted by Crippen LogP contribution is 1.91. The van der Waals surface area contributed by atoms with E-state index in [1.807, 2.05) is 71.0 Å². The van der Waals surface area contributed by atoms with Gasteiger partial charge in [-0.3, -0.25) is 15.2 Å². The monoisotopic (exact) mass is 871 g/mol. The van der Waals surface area contributed by atoms with Crippen LogP contribution in [0.25, 0.3) is 0 Å². The molecule has 21 nitrogen and oxygen atoms in total. The molecular formula is C36H41N17O4S3. The average molecular weight is 872 g/mol. The lowest BCUT2D eigenvalue weighted by molar-refractivity contribution is 0.420. The Morgan fingerprint density at radius 3 is 1.32 bits per heavy atom. The maximum absolute atomic E-state index is 4.58. The van der Waals surface area contributed by atoms with E-state index in [-0.39, 0.29) is 0 Å². The van der Waals surface area contributed by atoms with E-state index in [1.165, 1.54) is 55.7 Å². The molecule has 60 heavy (non-hydrogen) atoms. The molecule has 312 valence electrons. The van der Waals surface area contributed by atoms with Crippen LogP contribution >= 0.6 is 34.0 Å². The van der Waals surface area contributed by atoms with Crippen molar-refractivity contribution in [1.29, 1.82) is 0 Å². The molecule has 0 aromatic carbocycles. The summed E-state index contributed by atoms with van der Waals surface area (Å²) in [6, 6.07) is 15.1. The minimum Gasteiger partial charge on any atom is -0.473 e. The fourth-order valence-electron chi connectivity index (χ4n) is 2.34. The molecule has 12 aromatic heterocycles. The number of nitrogens with zero attached hydrogens (tertiary/aromatic N) is 12. The lowest BCUT2D eigenvalue weighted by atomic mass is 10.7. The molecule has 0 spiro atoms. The van der Waals surface area contributed by atoms with Gasteiger partial charge in [-0.1, -0.05) is 17.3 Å². The van der Waals surface area contributed by atoms with Gasteiger partial charge in [-0.05, 0) is 47.2 Å². The molecule has 0 radical (unpaired) electrons. The van der Waals surface area contributed by atoms with Crippen LogP contribution in [-0.2, 0) is 0 Å². The summed E-state index contributed by atoms with van der Waals surface area (Å²) >= 11 is 4.81. The molecule has 0 saturated carbocycles. The molecule has 12 rings (SSSR count). The number of aromatic nitrogens is 17. The van der Waals surface area contributed by atoms with Gasteiger partial charge in [0, 0.05) is 61.2 Å². The number of thiophene rings is 1. The molecule has 0 aliphatic rings. The quantitative estimate of drug-likeness (QED) is 0.0960. The normalized spacial score (nSPS) is 8.00. The summed E-state index contributed by atoms with van der Waals surface area (Å²) in [5.74, 6) is 0. The van der Waals surface area contributed by atoms with Gasteiger partial charge in [-0.2, -0.15) is 21.5 Å². The number of furan rings is 1. The summed E-state index contributed by atoms with van der Waals surface area (Å²) in [6.07, 6.45) is 35.4. The van der Waals surface area contributed by atoms with Crippen molar-refractivity contribution >= 4 is 34.0 Å². The molecule has 0 unspecified atom stereocenters. The molecule has 0 atom stereocenters. The minimum absolute atomic E-state index is 1.26. The second-order valence-electron chi connectivity index (χ2n) is 8.61. The molecule has 0 aliphatic carbocycles. The van der Waals surface area contributed by atoms with Gasteiger partial charge in [0.1, 0.15) is 36.2 Å². The van der Waals surface area contributed by atoms with Crippen molar-refractivity contribution in [3.63, 3.8) is 0 Å². The number of thiazole rings is 1. The molecule has 0 bridgehead atoms. The smallest absolute Gasteiger partial charge is 0.203 e. The molecule has 0 saturated heterocycles. The van der Waals surface area contributed by atoms with Gasteiger partial charge >= 0.3 is 0 Å². The first-order valence-electron chi connectivity index (χ1n) is 16.5. The third-order valence-corrected chi connectivity index (χ3v) is 6.09. The SMILES string of the molecule is c1c[nH]cn1.c1c[nH]cn1.c1cc[nH]c1.c1ccoc1.c1ccsc1.c1cn[nH]c1.c1cnoc1.c1cocn1.c1cscn1.c1nc[nH]n1.c1nnco1.c1nncs1. The van der Waals surface area contributed by atoms with Crippen LogP contribution < -0.4 is 0 Å². The Labute approximate surface area is 355 Å². The lowest BCUT2D eigenvalue weighted by Gasteiger charge is -1.50. The van der Waals surface area contributed by atoms with Crippen LogP contribution in [0.5, 0.6) is 0 Å². The molecule has 12 heterocycles. The highest BCUT2D eigenvalue weighted by Gasteiger charge is 1.64. The number of H-pyrrole nitrogens is 5. The number of nitrogens with one attached hydrogen (secondary N) is 5. The van der Waals surface area contributed by atoms with Gasteiger partial charge in [0.2, 0.25) is 12.8 Å². The molecule has 0 amide bonds. The van der Waals surface area contributed by atoms with Crippen molar-refractivity contribution in [3.05, 3.63) is 219 Å².